The lowest BCUT2D eigenvalue weighted by atomic mass is 10.0. The normalized spacial score (nSPS) is 14.4. The van der Waals surface area contributed by atoms with Gasteiger partial charge in [0.05, 0.1) is 87.0 Å². The molecule has 3 aliphatic heterocycles. The molecule has 4 aromatic carbocycles. The van der Waals surface area contributed by atoms with E-state index in [0.29, 0.717) is 73.7 Å². The van der Waals surface area contributed by atoms with Crippen LogP contribution in [0.5, 0.6) is 0 Å². The van der Waals surface area contributed by atoms with E-state index in [1.165, 1.54) is 104 Å². The molecule has 0 saturated carbocycles. The van der Waals surface area contributed by atoms with Gasteiger partial charge in [0.15, 0.2) is 0 Å². The van der Waals surface area contributed by atoms with Crippen LogP contribution in [0.15, 0.2) is 281 Å². The first-order valence-electron chi connectivity index (χ1n) is 44.7. The number of piperazine rings is 1. The van der Waals surface area contributed by atoms with Crippen molar-refractivity contribution in [3.63, 3.8) is 0 Å². The molecule has 43 heteroatoms. The zero-order chi connectivity index (χ0) is 97.0. The summed E-state index contributed by atoms with van der Waals surface area (Å²) in [5.74, 6) is -0.768. The fraction of sp³-hybridized carbons (Fsp3) is 0.227. The molecule has 140 heavy (non-hydrogen) atoms. The molecular formula is C97H92F3N27O8S5. The van der Waals surface area contributed by atoms with E-state index in [9.17, 15) is 48.6 Å². The lowest BCUT2D eigenvalue weighted by molar-refractivity contribution is -0.105. The number of pyridine rings is 7. The number of sulfone groups is 2. The molecule has 16 heterocycles. The van der Waals surface area contributed by atoms with Crippen LogP contribution >= 0.6 is 22.7 Å². The minimum absolute atomic E-state index is 0.00463. The maximum Gasteiger partial charge on any atom is 0.400 e. The van der Waals surface area contributed by atoms with Crippen molar-refractivity contribution in [2.24, 2.45) is 0 Å². The maximum atomic E-state index is 14.4. The zero-order valence-electron chi connectivity index (χ0n) is 75.6. The fourth-order valence-electron chi connectivity index (χ4n) is 16.7. The smallest absolute Gasteiger partial charge is 0.382 e. The number of hydrogen-bond acceptors (Lipinski definition) is 34. The summed E-state index contributed by atoms with van der Waals surface area (Å²) < 4.78 is 111. The molecule has 35 nitrogen and oxygen atoms in total. The van der Waals surface area contributed by atoms with E-state index in [0.717, 1.165) is 134 Å². The van der Waals surface area contributed by atoms with Gasteiger partial charge in [-0.1, -0.05) is 30.3 Å². The number of rotatable bonds is 27. The van der Waals surface area contributed by atoms with Crippen molar-refractivity contribution in [1.29, 1.82) is 0 Å². The molecule has 13 aromatic heterocycles. The van der Waals surface area contributed by atoms with Crippen LogP contribution in [0.25, 0.3) is 55.5 Å². The molecule has 0 spiro atoms. The van der Waals surface area contributed by atoms with Gasteiger partial charge < -0.3 is 52.8 Å². The minimum atomic E-state index is -4.66. The molecule has 0 aliphatic carbocycles. The van der Waals surface area contributed by atoms with Gasteiger partial charge in [-0.25, -0.2) is 46.7 Å². The average molecular weight is 1980 g/mol. The van der Waals surface area contributed by atoms with E-state index < -0.39 is 48.0 Å². The number of halogens is 3. The zero-order valence-corrected chi connectivity index (χ0v) is 79.6. The summed E-state index contributed by atoms with van der Waals surface area (Å²) in [6.45, 7) is 13.2. The Morgan fingerprint density at radius 3 is 1.71 bits per heavy atom. The van der Waals surface area contributed by atoms with Crippen LogP contribution in [0.4, 0.5) is 76.5 Å². The second-order valence-electron chi connectivity index (χ2n) is 33.2. The van der Waals surface area contributed by atoms with E-state index in [4.69, 9.17) is 9.97 Å². The van der Waals surface area contributed by atoms with Gasteiger partial charge in [-0.05, 0) is 210 Å². The Morgan fingerprint density at radius 2 is 1.07 bits per heavy atom. The number of aromatic nitrogens is 17. The van der Waals surface area contributed by atoms with E-state index in [1.807, 2.05) is 92.7 Å². The van der Waals surface area contributed by atoms with Crippen LogP contribution in [-0.4, -0.2) is 181 Å². The molecule has 714 valence electrons. The fourth-order valence-corrected chi connectivity index (χ4v) is 22.1. The summed E-state index contributed by atoms with van der Waals surface area (Å²) in [6, 6.07) is 47.7. The van der Waals surface area contributed by atoms with Crippen molar-refractivity contribution >= 4 is 150 Å². The highest BCUT2D eigenvalue weighted by molar-refractivity contribution is 7.93. The number of anilines is 11. The molecule has 20 rings (SSSR count). The Morgan fingerprint density at radius 1 is 0.471 bits per heavy atom. The highest BCUT2D eigenvalue weighted by Gasteiger charge is 2.34. The minimum Gasteiger partial charge on any atom is -0.382 e. The van der Waals surface area contributed by atoms with Gasteiger partial charge in [-0.3, -0.25) is 47.2 Å². The highest BCUT2D eigenvalue weighted by Crippen LogP contribution is 2.35. The van der Waals surface area contributed by atoms with Crippen LogP contribution in [0.1, 0.15) is 58.5 Å². The maximum absolute atomic E-state index is 14.4. The first-order valence-corrected chi connectivity index (χ1v) is 50.7. The molecule has 2 atom stereocenters. The number of aryl methyl sites for hydroxylation is 3. The summed E-state index contributed by atoms with van der Waals surface area (Å²) >= 11 is 2.43. The van der Waals surface area contributed by atoms with E-state index >= 15 is 0 Å². The van der Waals surface area contributed by atoms with Crippen molar-refractivity contribution in [3.05, 3.63) is 307 Å². The third-order valence-electron chi connectivity index (χ3n) is 23.6. The first-order chi connectivity index (χ1) is 67.9. The quantitative estimate of drug-likeness (QED) is 0.0231. The van der Waals surface area contributed by atoms with E-state index in [1.54, 1.807) is 78.3 Å². The molecule has 2 unspecified atom stereocenters. The van der Waals surface area contributed by atoms with E-state index in [2.05, 4.69) is 132 Å². The van der Waals surface area contributed by atoms with E-state index in [-0.39, 0.29) is 94.9 Å². The number of nitrogens with zero attached hydrogens (tertiary/aromatic N) is 18. The standard InChI is InChI=1S/C36H34N8O3S.C31H30F3N9O2S.C30H28N10O3S3/c1-24-6-3-4-7-29(24)30-21-26-22-40-36(41-27-9-10-32(25(2)20-27)43-18-16-38-17-19-43)42-34(26)44(35(30)45)23-31-33(8-5-13-39-31)48(46,47)28-11-14-37-15-12-28;32-31(33,34)19-46(45)28-20(4-1-13-37-28)18-43-27-21(14-26(29(43)44)40-25-6-3-12-36-17-25)15-38-30(42-27)41-23-9-7-22(8-10-23)39-24-5-2-11-35-16-24;1-18-26(34-17-45-18)24-12-19-13-33-29(38-22-4-2-21(3-5-22)37-23-6-8-31-9-7-23)39-27(19)40(28(24)41)16-20-14-35-36-15-25(20)46(42,43)30-32-10-11-44-30/h3-15,20-22,38H,16-19,23H2,1-2H3,(H,40,41,42);1,3-4,6-10,12-15,17,24,35,39-40H,2,5,11,16,18-19H2,(H,38,41,42);2-5,10-15,17,23,31,37H,6-9,16H2,1H3,(H,33,38,39). The van der Waals surface area contributed by atoms with Crippen LogP contribution in [0.3, 0.4) is 0 Å². The summed E-state index contributed by atoms with van der Waals surface area (Å²) in [6.07, 6.45) is 17.3. The summed E-state index contributed by atoms with van der Waals surface area (Å²) in [7, 11) is -10.4. The van der Waals surface area contributed by atoms with Gasteiger partial charge in [0.1, 0.15) is 38.3 Å². The van der Waals surface area contributed by atoms with Crippen molar-refractivity contribution < 1.29 is 34.2 Å². The average Bonchev–Trinajstić information content (AvgIpc) is 1.22. The molecule has 9 N–H and O–H groups in total. The van der Waals surface area contributed by atoms with Gasteiger partial charge in [0.25, 0.3) is 16.7 Å². The second kappa shape index (κ2) is 42.5. The third kappa shape index (κ3) is 22.2. The molecule has 3 saturated heterocycles. The Hall–Kier alpha value is -15.0. The predicted octanol–water partition coefficient (Wildman–Crippen LogP) is 14.1. The number of nitrogens with one attached hydrogen (secondary N) is 9. The van der Waals surface area contributed by atoms with Gasteiger partial charge in [0.2, 0.25) is 41.9 Å². The largest absolute Gasteiger partial charge is 0.400 e. The Bertz CT molecular complexity index is 7840. The number of thiazole rings is 2. The van der Waals surface area contributed by atoms with Gasteiger partial charge in [0, 0.05) is 178 Å². The van der Waals surface area contributed by atoms with Gasteiger partial charge in [-0.2, -0.15) is 38.3 Å². The van der Waals surface area contributed by atoms with Crippen molar-refractivity contribution in [1.82, 2.24) is 99.7 Å². The SMILES string of the molecule is Cc1ccccc1-c1cc2cnc(Nc3ccc(N4CCNCC4)c(C)c3)nc2n(Cc2ncccc2S(=O)(=O)c2ccncc2)c1=O.Cc1scnc1-c1cc2cnc(Nc3ccc(NC4CCNCC4)cc3)nc2n(Cc2cnncc2S(=O)(=O)c2nccs2)c1=O.O=c1c(Nc2cccnc2)cc2cnc(Nc3ccc(NC4CCCNC4)cc3)nc2n1Cc1cccnc1S(=O)CC(F)(F)F. The molecule has 0 bridgehead atoms. The predicted molar refractivity (Wildman–Crippen MR) is 535 cm³/mol. The Kier molecular flexibility index (Phi) is 29.0. The topological polar surface area (TPSA) is 443 Å². The summed E-state index contributed by atoms with van der Waals surface area (Å²) in [5, 5.41) is 40.8. The third-order valence-corrected chi connectivity index (χ3v) is 30.6. The number of fused-ring (bicyclic) bond motifs is 3. The molecule has 3 fully saturated rings. The summed E-state index contributed by atoms with van der Waals surface area (Å²) in [5.41, 5.74) is 12.4. The number of alkyl halides is 3. The van der Waals surface area contributed by atoms with Crippen LogP contribution in [0.2, 0.25) is 0 Å². The van der Waals surface area contributed by atoms with Gasteiger partial charge in [-0.15, -0.1) is 22.7 Å². The molecule has 3 aliphatic rings. The monoisotopic (exact) mass is 1980 g/mol. The lowest BCUT2D eigenvalue weighted by Gasteiger charge is -2.30. The van der Waals surface area contributed by atoms with Crippen molar-refractivity contribution in [2.75, 3.05) is 94.9 Å². The van der Waals surface area contributed by atoms with Crippen molar-refractivity contribution in [2.45, 2.75) is 108 Å². The highest BCUT2D eigenvalue weighted by atomic mass is 32.2. The number of hydrogen-bond donors (Lipinski definition) is 9. The molecular weight excluding hydrogens is 1890 g/mol. The molecule has 0 radical (unpaired) electrons. The number of benzene rings is 4. The lowest BCUT2D eigenvalue weighted by Crippen LogP contribution is -2.43. The van der Waals surface area contributed by atoms with Crippen LogP contribution in [0, 0.1) is 20.8 Å². The van der Waals surface area contributed by atoms with Crippen molar-refractivity contribution in [3.8, 4) is 22.4 Å². The number of piperidine rings is 2. The molecule has 17 aromatic rings. The summed E-state index contributed by atoms with van der Waals surface area (Å²) in [4.78, 5) is 98.3. The second-order valence-corrected chi connectivity index (χ2v) is 40.5. The first kappa shape index (κ1) is 95.3. The van der Waals surface area contributed by atoms with Gasteiger partial charge >= 0.3 is 6.18 Å². The van der Waals surface area contributed by atoms with Crippen LogP contribution < -0.4 is 69.4 Å². The Labute approximate surface area is 810 Å². The Balaban J connectivity index is 0.000000139. The van der Waals surface area contributed by atoms with Crippen LogP contribution in [-0.2, 0) is 50.1 Å². The molecule has 0 amide bonds.